The van der Waals surface area contributed by atoms with E-state index in [1.54, 1.807) is 0 Å². The van der Waals surface area contributed by atoms with Gasteiger partial charge < -0.3 is 0 Å². The highest BCUT2D eigenvalue weighted by molar-refractivity contribution is 6.61. The second-order valence-electron chi connectivity index (χ2n) is 5.81. The molecule has 17 heavy (non-hydrogen) atoms. The molecule has 2 rings (SSSR count). The highest BCUT2D eigenvalue weighted by atomic mass is 14.2. The van der Waals surface area contributed by atoms with Gasteiger partial charge in [0.25, 0.3) is 0 Å². The van der Waals surface area contributed by atoms with Crippen molar-refractivity contribution in [1.29, 1.82) is 0 Å². The van der Waals surface area contributed by atoms with Crippen molar-refractivity contribution in [1.82, 2.24) is 0 Å². The summed E-state index contributed by atoms with van der Waals surface area (Å²) in [6, 6.07) is 11.1. The molecule has 1 saturated heterocycles. The van der Waals surface area contributed by atoms with Crippen LogP contribution in [0.25, 0.3) is 0 Å². The van der Waals surface area contributed by atoms with Crippen LogP contribution in [0.15, 0.2) is 30.3 Å². The van der Waals surface area contributed by atoms with E-state index in [0.29, 0.717) is 0 Å². The number of hydrogen-bond acceptors (Lipinski definition) is 0. The lowest BCUT2D eigenvalue weighted by atomic mass is 9.28. The quantitative estimate of drug-likeness (QED) is 0.635. The zero-order valence-corrected chi connectivity index (χ0v) is 11.4. The van der Waals surface area contributed by atoms with Gasteiger partial charge in [0.05, 0.1) is 0 Å². The van der Waals surface area contributed by atoms with Gasteiger partial charge in [0.2, 0.25) is 0 Å². The molecule has 1 aromatic carbocycles. The molecule has 1 aliphatic rings. The molecular formula is C16H25B. The van der Waals surface area contributed by atoms with Crippen LogP contribution in [-0.2, 0) is 6.32 Å². The number of benzene rings is 1. The SMILES string of the molecule is CCCC1CCCC(C)B1Cc1ccccc1. The molecule has 0 N–H and O–H groups in total. The molecule has 0 saturated carbocycles. The summed E-state index contributed by atoms with van der Waals surface area (Å²) in [5.74, 6) is 1.89. The molecule has 1 heteroatoms. The molecule has 0 spiro atoms. The summed E-state index contributed by atoms with van der Waals surface area (Å²) in [7, 11) is 0. The van der Waals surface area contributed by atoms with E-state index in [1.165, 1.54) is 44.0 Å². The molecule has 0 nitrogen and oxygen atoms in total. The molecule has 1 fully saturated rings. The Morgan fingerprint density at radius 1 is 1.18 bits per heavy atom. The van der Waals surface area contributed by atoms with Crippen molar-refractivity contribution < 1.29 is 0 Å². The van der Waals surface area contributed by atoms with E-state index in [-0.39, 0.29) is 0 Å². The lowest BCUT2D eigenvalue weighted by Crippen LogP contribution is -2.32. The average molecular weight is 228 g/mol. The van der Waals surface area contributed by atoms with Gasteiger partial charge in [-0.15, -0.1) is 0 Å². The van der Waals surface area contributed by atoms with Gasteiger partial charge in [-0.2, -0.15) is 0 Å². The Hall–Kier alpha value is -0.715. The molecule has 92 valence electrons. The highest BCUT2D eigenvalue weighted by Crippen LogP contribution is 2.39. The molecule has 1 aromatic rings. The summed E-state index contributed by atoms with van der Waals surface area (Å²) in [4.78, 5) is 0. The van der Waals surface area contributed by atoms with Crippen LogP contribution in [0, 0.1) is 0 Å². The predicted octanol–water partition coefficient (Wildman–Crippen LogP) is 5.01. The first-order valence-corrected chi connectivity index (χ1v) is 7.35. The van der Waals surface area contributed by atoms with E-state index >= 15 is 0 Å². The molecule has 1 heterocycles. The van der Waals surface area contributed by atoms with E-state index in [1.807, 2.05) is 0 Å². The summed E-state index contributed by atoms with van der Waals surface area (Å²) in [5.41, 5.74) is 1.53. The third-order valence-electron chi connectivity index (χ3n) is 4.54. The third-order valence-corrected chi connectivity index (χ3v) is 4.54. The minimum atomic E-state index is 0.917. The number of hydrogen-bond donors (Lipinski definition) is 0. The maximum absolute atomic E-state index is 2.47. The van der Waals surface area contributed by atoms with Crippen molar-refractivity contribution in [3.8, 4) is 0 Å². The van der Waals surface area contributed by atoms with Gasteiger partial charge in [-0.25, -0.2) is 0 Å². The molecule has 0 radical (unpaired) electrons. The normalized spacial score (nSPS) is 24.9. The molecule has 2 atom stereocenters. The van der Waals surface area contributed by atoms with Crippen molar-refractivity contribution in [2.45, 2.75) is 63.9 Å². The summed E-state index contributed by atoms with van der Waals surface area (Å²) >= 11 is 0. The van der Waals surface area contributed by atoms with Gasteiger partial charge in [-0.1, -0.05) is 93.5 Å². The maximum Gasteiger partial charge on any atom is 0.150 e. The minimum Gasteiger partial charge on any atom is -0.0690 e. The van der Waals surface area contributed by atoms with E-state index in [9.17, 15) is 0 Å². The lowest BCUT2D eigenvalue weighted by Gasteiger charge is -2.34. The number of rotatable bonds is 4. The van der Waals surface area contributed by atoms with Crippen molar-refractivity contribution in [3.05, 3.63) is 35.9 Å². The largest absolute Gasteiger partial charge is 0.150 e. The summed E-state index contributed by atoms with van der Waals surface area (Å²) < 4.78 is 0. The molecule has 2 unspecified atom stereocenters. The Morgan fingerprint density at radius 2 is 1.94 bits per heavy atom. The first kappa shape index (κ1) is 12.7. The summed E-state index contributed by atoms with van der Waals surface area (Å²) in [6.45, 7) is 5.72. The van der Waals surface area contributed by atoms with Crippen LogP contribution in [-0.4, -0.2) is 6.71 Å². The fraction of sp³-hybridized carbons (Fsp3) is 0.625. The highest BCUT2D eigenvalue weighted by Gasteiger charge is 2.32. The van der Waals surface area contributed by atoms with E-state index < -0.39 is 0 Å². The monoisotopic (exact) mass is 228 g/mol. The van der Waals surface area contributed by atoms with Crippen molar-refractivity contribution in [2.24, 2.45) is 0 Å². The van der Waals surface area contributed by atoms with Crippen molar-refractivity contribution >= 4 is 6.71 Å². The van der Waals surface area contributed by atoms with Crippen LogP contribution in [0.2, 0.25) is 11.6 Å². The Labute approximate surface area is 107 Å². The summed E-state index contributed by atoms with van der Waals surface area (Å²) in [6.07, 6.45) is 8.45. The summed E-state index contributed by atoms with van der Waals surface area (Å²) in [5, 5.41) is 0. The van der Waals surface area contributed by atoms with Gasteiger partial charge in [-0.3, -0.25) is 0 Å². The van der Waals surface area contributed by atoms with Crippen LogP contribution < -0.4 is 0 Å². The van der Waals surface area contributed by atoms with Crippen LogP contribution in [0.5, 0.6) is 0 Å². The van der Waals surface area contributed by atoms with Gasteiger partial charge >= 0.3 is 0 Å². The second kappa shape index (κ2) is 6.28. The molecule has 0 aliphatic carbocycles. The van der Waals surface area contributed by atoms with Crippen molar-refractivity contribution in [3.63, 3.8) is 0 Å². The Kier molecular flexibility index (Phi) is 4.70. The zero-order chi connectivity index (χ0) is 12.1. The Morgan fingerprint density at radius 3 is 2.65 bits per heavy atom. The van der Waals surface area contributed by atoms with Gasteiger partial charge in [0, 0.05) is 0 Å². The zero-order valence-electron chi connectivity index (χ0n) is 11.4. The van der Waals surface area contributed by atoms with Crippen LogP contribution in [0.3, 0.4) is 0 Å². The maximum atomic E-state index is 2.47. The molecule has 0 amide bonds. The topological polar surface area (TPSA) is 0 Å². The molecule has 1 aliphatic heterocycles. The van der Waals surface area contributed by atoms with Crippen LogP contribution in [0.1, 0.15) is 51.5 Å². The Bertz CT molecular complexity index is 318. The first-order valence-electron chi connectivity index (χ1n) is 7.35. The van der Waals surface area contributed by atoms with Crippen molar-refractivity contribution in [2.75, 3.05) is 0 Å². The third kappa shape index (κ3) is 3.37. The average Bonchev–Trinajstić information content (AvgIpc) is 2.35. The van der Waals surface area contributed by atoms with Gasteiger partial charge in [0.1, 0.15) is 0 Å². The molecular weight excluding hydrogens is 203 g/mol. The standard InChI is InChI=1S/C16H25B/c1-3-8-16-12-7-9-14(2)17(16)13-15-10-5-4-6-11-15/h4-6,10-11,14,16H,3,7-9,12-13H2,1-2H3. The molecule has 0 bridgehead atoms. The lowest BCUT2D eigenvalue weighted by molar-refractivity contribution is 0.538. The van der Waals surface area contributed by atoms with E-state index in [4.69, 9.17) is 0 Å². The first-order chi connectivity index (χ1) is 8.31. The fourth-order valence-corrected chi connectivity index (χ4v) is 3.58. The van der Waals surface area contributed by atoms with E-state index in [2.05, 4.69) is 44.2 Å². The predicted molar refractivity (Wildman–Crippen MR) is 77.8 cm³/mol. The minimum absolute atomic E-state index is 0.917. The Balaban J connectivity index is 2.04. The smallest absolute Gasteiger partial charge is 0.0690 e. The molecule has 0 aromatic heterocycles. The fourth-order valence-electron chi connectivity index (χ4n) is 3.58. The van der Waals surface area contributed by atoms with E-state index in [0.717, 1.165) is 18.3 Å². The second-order valence-corrected chi connectivity index (χ2v) is 5.81. The van der Waals surface area contributed by atoms with Gasteiger partial charge in [0.15, 0.2) is 6.71 Å². The van der Waals surface area contributed by atoms with Crippen LogP contribution in [0.4, 0.5) is 0 Å². The van der Waals surface area contributed by atoms with Gasteiger partial charge in [-0.05, 0) is 6.32 Å². The van der Waals surface area contributed by atoms with Crippen LogP contribution >= 0.6 is 0 Å².